The topological polar surface area (TPSA) is 133 Å². The average molecular weight is 472 g/mol. The molecule has 3 heterocycles. The van der Waals surface area contributed by atoms with E-state index in [0.717, 1.165) is 44.3 Å². The molecule has 4 aromatic rings. The minimum Gasteiger partial charge on any atom is -0.353 e. The molecule has 0 saturated carbocycles. The summed E-state index contributed by atoms with van der Waals surface area (Å²) >= 11 is 0. The Morgan fingerprint density at radius 1 is 0.743 bits per heavy atom. The van der Waals surface area contributed by atoms with E-state index in [2.05, 4.69) is 33.6 Å². The summed E-state index contributed by atoms with van der Waals surface area (Å²) in [5.41, 5.74) is 12.2. The van der Waals surface area contributed by atoms with Crippen LogP contribution in [0.2, 0.25) is 0 Å². The third kappa shape index (κ3) is 4.57. The predicted octanol–water partition coefficient (Wildman–Crippen LogP) is 2.57. The lowest BCUT2D eigenvalue weighted by Crippen LogP contribution is -2.46. The smallest absolute Gasteiger partial charge is 0.239 e. The standard InChI is InChI=1S/C27H29N5O3/c1-15-10-16(33)13-29-24(34)14-30-27(35)21(28)12-20-18-7-3-5-9-23(18)32-26(20)25-19(11-15)17-6-2-4-8-22(17)31-25/h2-9,15,21,31-32H,10-14,28H2,1H3,(H,29,34)(H,30,35)/t15-,21-/m0/s1. The number of aromatic amines is 2. The zero-order chi connectivity index (χ0) is 24.5. The van der Waals surface area contributed by atoms with Gasteiger partial charge in [0.2, 0.25) is 11.8 Å². The van der Waals surface area contributed by atoms with Gasteiger partial charge in [-0.3, -0.25) is 14.4 Å². The Labute approximate surface area is 202 Å². The van der Waals surface area contributed by atoms with Crippen LogP contribution < -0.4 is 16.4 Å². The first-order valence-corrected chi connectivity index (χ1v) is 11.9. The molecule has 2 amide bonds. The first-order valence-electron chi connectivity index (χ1n) is 11.9. The largest absolute Gasteiger partial charge is 0.353 e. The van der Waals surface area contributed by atoms with Crippen LogP contribution in [0, 0.1) is 5.92 Å². The highest BCUT2D eigenvalue weighted by atomic mass is 16.2. The fourth-order valence-electron chi connectivity index (χ4n) is 5.00. The molecule has 0 aliphatic carbocycles. The van der Waals surface area contributed by atoms with Crippen LogP contribution in [0.25, 0.3) is 33.2 Å². The first-order chi connectivity index (χ1) is 16.9. The molecule has 1 aliphatic rings. The van der Waals surface area contributed by atoms with Gasteiger partial charge >= 0.3 is 0 Å². The van der Waals surface area contributed by atoms with Crippen molar-refractivity contribution in [2.24, 2.45) is 11.7 Å². The van der Waals surface area contributed by atoms with E-state index in [0.29, 0.717) is 19.3 Å². The Morgan fingerprint density at radius 3 is 1.94 bits per heavy atom. The van der Waals surface area contributed by atoms with E-state index in [1.807, 2.05) is 42.5 Å². The number of hydrogen-bond acceptors (Lipinski definition) is 4. The highest BCUT2D eigenvalue weighted by molar-refractivity contribution is 5.97. The Kier molecular flexibility index (Phi) is 6.13. The predicted molar refractivity (Wildman–Crippen MR) is 136 cm³/mol. The van der Waals surface area contributed by atoms with Crippen LogP contribution in [0.4, 0.5) is 0 Å². The van der Waals surface area contributed by atoms with Crippen molar-refractivity contribution < 1.29 is 14.4 Å². The van der Waals surface area contributed by atoms with Crippen molar-refractivity contribution in [1.29, 1.82) is 0 Å². The molecule has 2 aromatic carbocycles. The van der Waals surface area contributed by atoms with Gasteiger partial charge in [-0.25, -0.2) is 0 Å². The molecule has 0 bridgehead atoms. The van der Waals surface area contributed by atoms with Gasteiger partial charge in [0.15, 0.2) is 5.78 Å². The van der Waals surface area contributed by atoms with E-state index >= 15 is 0 Å². The third-order valence-corrected chi connectivity index (χ3v) is 6.67. The summed E-state index contributed by atoms with van der Waals surface area (Å²) in [6.45, 7) is 1.77. The normalized spacial score (nSPS) is 20.3. The minimum atomic E-state index is -0.845. The lowest BCUT2D eigenvalue weighted by molar-refractivity contribution is -0.127. The molecule has 2 aromatic heterocycles. The van der Waals surface area contributed by atoms with Crippen LogP contribution >= 0.6 is 0 Å². The van der Waals surface area contributed by atoms with E-state index in [1.165, 1.54) is 0 Å². The summed E-state index contributed by atoms with van der Waals surface area (Å²) in [6, 6.07) is 15.2. The highest BCUT2D eigenvalue weighted by Gasteiger charge is 2.25. The molecule has 8 heteroatoms. The molecular weight excluding hydrogens is 442 g/mol. The van der Waals surface area contributed by atoms with Crippen molar-refractivity contribution in [1.82, 2.24) is 20.6 Å². The van der Waals surface area contributed by atoms with Crippen LogP contribution in [0.5, 0.6) is 0 Å². The number of ketones is 1. The van der Waals surface area contributed by atoms with Crippen LogP contribution in [-0.4, -0.2) is 46.7 Å². The van der Waals surface area contributed by atoms with Crippen LogP contribution in [0.15, 0.2) is 48.5 Å². The van der Waals surface area contributed by atoms with E-state index in [9.17, 15) is 14.4 Å². The SMILES string of the molecule is C[C@H]1CC(=O)CNC(=O)CNC(=O)[C@@H](N)Cc2c([nH]c3ccccc23)-c2[nH]c3ccccc3c2C1. The van der Waals surface area contributed by atoms with E-state index in [-0.39, 0.29) is 24.8 Å². The Balaban J connectivity index is 1.68. The second kappa shape index (κ2) is 9.38. The minimum absolute atomic E-state index is 0.0475. The number of hydrogen-bond donors (Lipinski definition) is 5. The number of H-pyrrole nitrogens is 2. The number of para-hydroxylation sites is 2. The molecule has 1 aliphatic heterocycles. The molecule has 0 fully saturated rings. The highest BCUT2D eigenvalue weighted by Crippen LogP contribution is 2.37. The zero-order valence-electron chi connectivity index (χ0n) is 19.6. The van der Waals surface area contributed by atoms with Gasteiger partial charge in [-0.05, 0) is 42.0 Å². The maximum absolute atomic E-state index is 12.7. The van der Waals surface area contributed by atoms with Gasteiger partial charge in [-0.2, -0.15) is 0 Å². The number of nitrogens with one attached hydrogen (secondary N) is 4. The van der Waals surface area contributed by atoms with Crippen molar-refractivity contribution in [3.05, 3.63) is 59.7 Å². The van der Waals surface area contributed by atoms with Crippen molar-refractivity contribution in [3.8, 4) is 11.4 Å². The van der Waals surface area contributed by atoms with Crippen molar-refractivity contribution in [2.45, 2.75) is 32.2 Å². The van der Waals surface area contributed by atoms with Gasteiger partial charge in [-0.15, -0.1) is 0 Å². The van der Waals surface area contributed by atoms with Crippen molar-refractivity contribution in [3.63, 3.8) is 0 Å². The number of carbonyl (C=O) groups excluding carboxylic acids is 3. The molecule has 2 atom stereocenters. The number of fused-ring (bicyclic) bond motifs is 7. The molecule has 0 spiro atoms. The zero-order valence-corrected chi connectivity index (χ0v) is 19.6. The fourth-order valence-corrected chi connectivity index (χ4v) is 5.00. The maximum atomic E-state index is 12.7. The van der Waals surface area contributed by atoms with Crippen LogP contribution in [0.1, 0.15) is 24.5 Å². The van der Waals surface area contributed by atoms with E-state index in [4.69, 9.17) is 5.73 Å². The summed E-state index contributed by atoms with van der Waals surface area (Å²) in [6.07, 6.45) is 1.33. The Morgan fingerprint density at radius 2 is 1.31 bits per heavy atom. The lowest BCUT2D eigenvalue weighted by Gasteiger charge is -2.16. The van der Waals surface area contributed by atoms with Crippen molar-refractivity contribution in [2.75, 3.05) is 13.1 Å². The molecule has 180 valence electrons. The van der Waals surface area contributed by atoms with E-state index in [1.54, 1.807) is 0 Å². The fraction of sp³-hybridized carbons (Fsp3) is 0.296. The number of rotatable bonds is 0. The maximum Gasteiger partial charge on any atom is 0.239 e. The Bertz CT molecular complexity index is 1430. The number of Topliss-reactive ketones (excluding diaryl/α,β-unsaturated/α-hetero) is 1. The quantitative estimate of drug-likeness (QED) is 0.270. The summed E-state index contributed by atoms with van der Waals surface area (Å²) in [4.78, 5) is 44.5. The number of aromatic nitrogens is 2. The summed E-state index contributed by atoms with van der Waals surface area (Å²) in [7, 11) is 0. The molecule has 6 N–H and O–H groups in total. The Hall–Kier alpha value is -3.91. The van der Waals surface area contributed by atoms with Crippen LogP contribution in [-0.2, 0) is 27.2 Å². The number of amides is 2. The summed E-state index contributed by atoms with van der Waals surface area (Å²) in [5, 5.41) is 7.29. The van der Waals surface area contributed by atoms with Gasteiger partial charge in [0.05, 0.1) is 30.5 Å². The van der Waals surface area contributed by atoms with Gasteiger partial charge in [0.1, 0.15) is 0 Å². The second-order valence-corrected chi connectivity index (χ2v) is 9.41. The number of carbonyl (C=O) groups is 3. The molecule has 35 heavy (non-hydrogen) atoms. The number of nitrogens with two attached hydrogens (primary N) is 1. The summed E-state index contributed by atoms with van der Waals surface area (Å²) < 4.78 is 0. The monoisotopic (exact) mass is 471 g/mol. The number of benzene rings is 2. The molecule has 0 radical (unpaired) electrons. The molecular formula is C27H29N5O3. The van der Waals surface area contributed by atoms with Gasteiger partial charge in [-0.1, -0.05) is 43.3 Å². The van der Waals surface area contributed by atoms with Gasteiger partial charge in [0.25, 0.3) is 0 Å². The lowest BCUT2D eigenvalue weighted by atomic mass is 9.92. The molecule has 5 rings (SSSR count). The van der Waals surface area contributed by atoms with Gasteiger partial charge in [0, 0.05) is 28.2 Å². The first kappa shape index (κ1) is 22.9. The van der Waals surface area contributed by atoms with Crippen molar-refractivity contribution >= 4 is 39.4 Å². The third-order valence-electron chi connectivity index (χ3n) is 6.67. The van der Waals surface area contributed by atoms with Gasteiger partial charge < -0.3 is 26.3 Å². The van der Waals surface area contributed by atoms with E-state index < -0.39 is 17.9 Å². The average Bonchev–Trinajstić information content (AvgIpc) is 3.39. The second-order valence-electron chi connectivity index (χ2n) is 9.41. The molecule has 8 nitrogen and oxygen atoms in total. The van der Waals surface area contributed by atoms with Crippen LogP contribution in [0.3, 0.4) is 0 Å². The molecule has 0 saturated heterocycles. The molecule has 0 unspecified atom stereocenters. The summed E-state index contributed by atoms with van der Waals surface area (Å²) in [5.74, 6) is -0.806.